The van der Waals surface area contributed by atoms with Crippen LogP contribution in [0, 0.1) is 0 Å². The molecule has 0 saturated carbocycles. The van der Waals surface area contributed by atoms with Crippen LogP contribution in [0.1, 0.15) is 5.56 Å². The van der Waals surface area contributed by atoms with Crippen LogP contribution in [0.15, 0.2) is 18.5 Å². The molecule has 0 aliphatic rings. The fourth-order valence-corrected chi connectivity index (χ4v) is 1.69. The van der Waals surface area contributed by atoms with Crippen LogP contribution in [0.2, 0.25) is 0 Å². The number of hydrogen-bond acceptors (Lipinski definition) is 3. The summed E-state index contributed by atoms with van der Waals surface area (Å²) in [5, 5.41) is 0. The van der Waals surface area contributed by atoms with Gasteiger partial charge < -0.3 is 15.0 Å². The van der Waals surface area contributed by atoms with Crippen molar-refractivity contribution in [3.05, 3.63) is 24.0 Å². The molecule has 0 aromatic carbocycles. The summed E-state index contributed by atoms with van der Waals surface area (Å²) in [4.78, 5) is 4.30. The second-order valence-electron chi connectivity index (χ2n) is 3.18. The second-order valence-corrected chi connectivity index (χ2v) is 3.18. The summed E-state index contributed by atoms with van der Waals surface area (Å²) in [7, 11) is 3.62. The first kappa shape index (κ1) is 9.02. The first-order valence-corrected chi connectivity index (χ1v) is 4.45. The van der Waals surface area contributed by atoms with Gasteiger partial charge in [-0.25, -0.2) is 0 Å². The number of nitrogens with two attached hydrogens (primary N) is 1. The van der Waals surface area contributed by atoms with Gasteiger partial charge >= 0.3 is 0 Å². The van der Waals surface area contributed by atoms with Crippen LogP contribution in [0.25, 0.3) is 11.0 Å². The lowest BCUT2D eigenvalue weighted by molar-refractivity contribution is 0.417. The number of rotatable bonds is 2. The van der Waals surface area contributed by atoms with Crippen molar-refractivity contribution >= 4 is 11.0 Å². The molecule has 0 fully saturated rings. The number of methoxy groups -OCH3 is 1. The Bertz CT molecular complexity index is 462. The highest BCUT2D eigenvalue weighted by molar-refractivity contribution is 5.85. The molecular formula is C10H13N3O. The van der Waals surface area contributed by atoms with E-state index in [-0.39, 0.29) is 0 Å². The SMILES string of the molecule is COc1ccnc2c(CN)cn(C)c12. The van der Waals surface area contributed by atoms with E-state index >= 15 is 0 Å². The minimum Gasteiger partial charge on any atom is -0.494 e. The van der Waals surface area contributed by atoms with Crippen LogP contribution < -0.4 is 10.5 Å². The smallest absolute Gasteiger partial charge is 0.146 e. The first-order chi connectivity index (χ1) is 6.77. The second kappa shape index (κ2) is 3.31. The van der Waals surface area contributed by atoms with Gasteiger partial charge in [-0.3, -0.25) is 4.98 Å². The average molecular weight is 191 g/mol. The summed E-state index contributed by atoms with van der Waals surface area (Å²) >= 11 is 0. The highest BCUT2D eigenvalue weighted by Crippen LogP contribution is 2.26. The lowest BCUT2D eigenvalue weighted by atomic mass is 10.2. The van der Waals surface area contributed by atoms with E-state index in [1.54, 1.807) is 13.3 Å². The van der Waals surface area contributed by atoms with Gasteiger partial charge in [0, 0.05) is 37.6 Å². The van der Waals surface area contributed by atoms with Gasteiger partial charge in [-0.2, -0.15) is 0 Å². The molecule has 0 unspecified atom stereocenters. The molecule has 4 nitrogen and oxygen atoms in total. The van der Waals surface area contributed by atoms with E-state index in [1.165, 1.54) is 0 Å². The summed E-state index contributed by atoms with van der Waals surface area (Å²) in [6.45, 7) is 0.498. The number of nitrogens with zero attached hydrogens (tertiary/aromatic N) is 2. The molecule has 0 bridgehead atoms. The van der Waals surface area contributed by atoms with Crippen LogP contribution in [-0.2, 0) is 13.6 Å². The van der Waals surface area contributed by atoms with E-state index in [1.807, 2.05) is 23.9 Å². The zero-order chi connectivity index (χ0) is 10.1. The van der Waals surface area contributed by atoms with Crippen LogP contribution in [0.3, 0.4) is 0 Å². The predicted molar refractivity (Wildman–Crippen MR) is 55.2 cm³/mol. The number of hydrogen-bond donors (Lipinski definition) is 1. The Kier molecular flexibility index (Phi) is 2.13. The molecule has 2 N–H and O–H groups in total. The van der Waals surface area contributed by atoms with Gasteiger partial charge in [0.2, 0.25) is 0 Å². The van der Waals surface area contributed by atoms with Crippen molar-refractivity contribution in [1.82, 2.24) is 9.55 Å². The molecule has 2 aromatic rings. The van der Waals surface area contributed by atoms with Crippen LogP contribution in [-0.4, -0.2) is 16.7 Å². The number of ether oxygens (including phenoxy) is 1. The fraction of sp³-hybridized carbons (Fsp3) is 0.300. The van der Waals surface area contributed by atoms with Crippen molar-refractivity contribution < 1.29 is 4.74 Å². The van der Waals surface area contributed by atoms with Crippen LogP contribution in [0.5, 0.6) is 5.75 Å². The van der Waals surface area contributed by atoms with Crippen molar-refractivity contribution in [3.8, 4) is 5.75 Å². The molecular weight excluding hydrogens is 178 g/mol. The summed E-state index contributed by atoms with van der Waals surface area (Å²) in [6, 6.07) is 1.85. The van der Waals surface area contributed by atoms with E-state index in [0.717, 1.165) is 22.3 Å². The third kappa shape index (κ3) is 1.15. The van der Waals surface area contributed by atoms with Crippen molar-refractivity contribution in [2.24, 2.45) is 12.8 Å². The highest BCUT2D eigenvalue weighted by atomic mass is 16.5. The summed E-state index contributed by atoms with van der Waals surface area (Å²) in [6.07, 6.45) is 3.72. The number of fused-ring (bicyclic) bond motifs is 1. The molecule has 2 aromatic heterocycles. The third-order valence-electron chi connectivity index (χ3n) is 2.33. The maximum absolute atomic E-state index is 5.63. The maximum atomic E-state index is 5.63. The van der Waals surface area contributed by atoms with Crippen molar-refractivity contribution in [2.75, 3.05) is 7.11 Å². The molecule has 2 heterocycles. The zero-order valence-corrected chi connectivity index (χ0v) is 8.32. The Morgan fingerprint density at radius 1 is 1.57 bits per heavy atom. The molecule has 14 heavy (non-hydrogen) atoms. The van der Waals surface area contributed by atoms with Gasteiger partial charge in [0.1, 0.15) is 11.3 Å². The third-order valence-corrected chi connectivity index (χ3v) is 2.33. The topological polar surface area (TPSA) is 53.1 Å². The molecule has 0 amide bonds. The zero-order valence-electron chi connectivity index (χ0n) is 8.32. The minimum absolute atomic E-state index is 0.498. The Morgan fingerprint density at radius 2 is 2.36 bits per heavy atom. The summed E-state index contributed by atoms with van der Waals surface area (Å²) < 4.78 is 7.25. The van der Waals surface area contributed by atoms with Crippen molar-refractivity contribution in [3.63, 3.8) is 0 Å². The van der Waals surface area contributed by atoms with Crippen LogP contribution in [0.4, 0.5) is 0 Å². The average Bonchev–Trinajstić information content (AvgIpc) is 2.55. The van der Waals surface area contributed by atoms with E-state index in [2.05, 4.69) is 4.98 Å². The highest BCUT2D eigenvalue weighted by Gasteiger charge is 2.10. The van der Waals surface area contributed by atoms with Gasteiger partial charge in [-0.05, 0) is 0 Å². The van der Waals surface area contributed by atoms with Crippen molar-refractivity contribution in [1.29, 1.82) is 0 Å². The van der Waals surface area contributed by atoms with E-state index in [4.69, 9.17) is 10.5 Å². The normalized spacial score (nSPS) is 10.8. The van der Waals surface area contributed by atoms with Gasteiger partial charge in [0.05, 0.1) is 12.6 Å². The quantitative estimate of drug-likeness (QED) is 0.771. The van der Waals surface area contributed by atoms with E-state index in [9.17, 15) is 0 Å². The molecule has 0 aliphatic heterocycles. The number of pyridine rings is 1. The maximum Gasteiger partial charge on any atom is 0.146 e. The van der Waals surface area contributed by atoms with Gasteiger partial charge in [-0.1, -0.05) is 0 Å². The van der Waals surface area contributed by atoms with Crippen LogP contribution >= 0.6 is 0 Å². The Hall–Kier alpha value is -1.55. The number of aromatic nitrogens is 2. The first-order valence-electron chi connectivity index (χ1n) is 4.45. The van der Waals surface area contributed by atoms with Gasteiger partial charge in [-0.15, -0.1) is 0 Å². The summed E-state index contributed by atoms with van der Waals surface area (Å²) in [5.41, 5.74) is 8.59. The Morgan fingerprint density at radius 3 is 3.00 bits per heavy atom. The predicted octanol–water partition coefficient (Wildman–Crippen LogP) is 1.04. The van der Waals surface area contributed by atoms with E-state index < -0.39 is 0 Å². The fourth-order valence-electron chi connectivity index (χ4n) is 1.69. The Labute approximate surface area is 82.3 Å². The number of aryl methyl sites for hydroxylation is 1. The molecule has 0 spiro atoms. The lowest BCUT2D eigenvalue weighted by Gasteiger charge is -2.03. The molecule has 0 saturated heterocycles. The minimum atomic E-state index is 0.498. The molecule has 0 radical (unpaired) electrons. The Balaban J connectivity index is 2.81. The van der Waals surface area contributed by atoms with E-state index in [0.29, 0.717) is 6.54 Å². The molecule has 0 aliphatic carbocycles. The van der Waals surface area contributed by atoms with Gasteiger partial charge in [0.15, 0.2) is 0 Å². The van der Waals surface area contributed by atoms with Crippen molar-refractivity contribution in [2.45, 2.75) is 6.54 Å². The lowest BCUT2D eigenvalue weighted by Crippen LogP contribution is -1.95. The summed E-state index contributed by atoms with van der Waals surface area (Å²) in [5.74, 6) is 0.831. The monoisotopic (exact) mass is 191 g/mol. The molecule has 2 rings (SSSR count). The molecule has 74 valence electrons. The molecule has 4 heteroatoms. The molecule has 0 atom stereocenters. The largest absolute Gasteiger partial charge is 0.494 e. The van der Waals surface area contributed by atoms with Gasteiger partial charge in [0.25, 0.3) is 0 Å². The standard InChI is InChI=1S/C10H13N3O/c1-13-6-7(5-11)9-10(13)8(14-2)3-4-12-9/h3-4,6H,5,11H2,1-2H3.